The molecule has 0 saturated heterocycles. The van der Waals surface area contributed by atoms with Gasteiger partial charge in [0.25, 0.3) is 0 Å². The van der Waals surface area contributed by atoms with Crippen LogP contribution < -0.4 is 10.6 Å². The lowest BCUT2D eigenvalue weighted by Crippen LogP contribution is -2.05. The zero-order chi connectivity index (χ0) is 20.2. The van der Waals surface area contributed by atoms with E-state index in [9.17, 15) is 0 Å². The van der Waals surface area contributed by atoms with Crippen LogP contribution in [-0.2, 0) is 7.05 Å². The summed E-state index contributed by atoms with van der Waals surface area (Å²) in [5, 5.41) is 7.91. The molecular weight excluding hydrogens is 382 g/mol. The zero-order valence-electron chi connectivity index (χ0n) is 16.4. The third-order valence-corrected chi connectivity index (χ3v) is 5.06. The molecule has 0 unspecified atom stereocenters. The van der Waals surface area contributed by atoms with E-state index in [2.05, 4.69) is 30.6 Å². The number of hydrogen-bond acceptors (Lipinski definition) is 7. The predicted octanol–water partition coefficient (Wildman–Crippen LogP) is 4.86. The van der Waals surface area contributed by atoms with E-state index in [1.54, 1.807) is 6.20 Å². The summed E-state index contributed by atoms with van der Waals surface area (Å²) in [6, 6.07) is 16.1. The number of nitrogens with zero attached hydrogens (tertiary/aromatic N) is 5. The van der Waals surface area contributed by atoms with Crippen LogP contribution in [0.1, 0.15) is 11.1 Å². The largest absolute Gasteiger partial charge is 0.329 e. The number of hydrogen-bond donors (Lipinski definition) is 2. The van der Waals surface area contributed by atoms with Gasteiger partial charge in [0, 0.05) is 30.8 Å². The summed E-state index contributed by atoms with van der Waals surface area (Å²) in [6.07, 6.45) is 3.64. The van der Waals surface area contributed by atoms with Crippen molar-refractivity contribution in [1.29, 1.82) is 0 Å². The Labute approximate surface area is 173 Å². The zero-order valence-corrected chi connectivity index (χ0v) is 17.2. The van der Waals surface area contributed by atoms with Crippen molar-refractivity contribution in [2.45, 2.75) is 24.2 Å². The molecule has 0 aliphatic rings. The molecule has 29 heavy (non-hydrogen) atoms. The van der Waals surface area contributed by atoms with E-state index in [4.69, 9.17) is 0 Å². The standard InChI is InChI=1S/C21H21N7S/c1-14-6-4-8-16(12-14)23-18-25-19(24-17-9-5-7-15(2)13-17)27-20(26-18)29-21-22-10-11-28(21)3/h4-13H,1-3H3,(H2,23,24,25,26,27). The Kier molecular flexibility index (Phi) is 5.44. The van der Waals surface area contributed by atoms with Crippen LogP contribution in [0.25, 0.3) is 0 Å². The smallest absolute Gasteiger partial charge is 0.233 e. The lowest BCUT2D eigenvalue weighted by molar-refractivity contribution is 0.784. The van der Waals surface area contributed by atoms with Crippen LogP contribution in [0.3, 0.4) is 0 Å². The highest BCUT2D eigenvalue weighted by molar-refractivity contribution is 7.99. The topological polar surface area (TPSA) is 80.5 Å². The number of anilines is 4. The summed E-state index contributed by atoms with van der Waals surface area (Å²) in [4.78, 5) is 18.0. The first-order chi connectivity index (χ1) is 14.0. The number of rotatable bonds is 6. The highest BCUT2D eigenvalue weighted by Crippen LogP contribution is 2.26. The summed E-state index contributed by atoms with van der Waals surface area (Å²) in [5.74, 6) is 0.940. The van der Waals surface area contributed by atoms with Crippen LogP contribution in [-0.4, -0.2) is 24.5 Å². The van der Waals surface area contributed by atoms with Crippen molar-refractivity contribution in [1.82, 2.24) is 24.5 Å². The number of aromatic nitrogens is 5. The first-order valence-corrected chi connectivity index (χ1v) is 9.95. The van der Waals surface area contributed by atoms with E-state index in [0.717, 1.165) is 27.7 Å². The maximum Gasteiger partial charge on any atom is 0.233 e. The molecule has 0 aliphatic carbocycles. The summed E-state index contributed by atoms with van der Waals surface area (Å²) >= 11 is 1.39. The first-order valence-electron chi connectivity index (χ1n) is 9.14. The molecular formula is C21H21N7S. The molecule has 2 N–H and O–H groups in total. The second-order valence-corrected chi connectivity index (χ2v) is 7.61. The van der Waals surface area contributed by atoms with Gasteiger partial charge in [0.15, 0.2) is 5.16 Å². The van der Waals surface area contributed by atoms with E-state index in [-0.39, 0.29) is 0 Å². The van der Waals surface area contributed by atoms with Gasteiger partial charge in [-0.05, 0) is 61.0 Å². The van der Waals surface area contributed by atoms with Crippen LogP contribution in [0.5, 0.6) is 0 Å². The monoisotopic (exact) mass is 403 g/mol. The maximum atomic E-state index is 4.57. The average molecular weight is 404 g/mol. The van der Waals surface area contributed by atoms with Gasteiger partial charge in [0.1, 0.15) is 0 Å². The van der Waals surface area contributed by atoms with E-state index in [1.807, 2.05) is 80.2 Å². The van der Waals surface area contributed by atoms with Gasteiger partial charge in [-0.15, -0.1) is 0 Å². The summed E-state index contributed by atoms with van der Waals surface area (Å²) in [5.41, 5.74) is 4.16. The van der Waals surface area contributed by atoms with Crippen LogP contribution in [0.15, 0.2) is 71.2 Å². The van der Waals surface area contributed by atoms with Crippen molar-refractivity contribution in [3.63, 3.8) is 0 Å². The molecule has 0 bridgehead atoms. The summed E-state index contributed by atoms with van der Waals surface area (Å²) < 4.78 is 1.93. The fourth-order valence-corrected chi connectivity index (χ4v) is 3.50. The molecule has 2 heterocycles. The highest BCUT2D eigenvalue weighted by atomic mass is 32.2. The molecule has 0 saturated carbocycles. The van der Waals surface area contributed by atoms with Crippen molar-refractivity contribution in [2.75, 3.05) is 10.6 Å². The van der Waals surface area contributed by atoms with Gasteiger partial charge >= 0.3 is 0 Å². The van der Waals surface area contributed by atoms with Gasteiger partial charge in [-0.25, -0.2) is 4.98 Å². The second-order valence-electron chi connectivity index (χ2n) is 6.68. The van der Waals surface area contributed by atoms with Crippen LogP contribution >= 0.6 is 11.8 Å². The van der Waals surface area contributed by atoms with Gasteiger partial charge in [0.2, 0.25) is 17.1 Å². The predicted molar refractivity (Wildman–Crippen MR) is 116 cm³/mol. The third-order valence-electron chi connectivity index (χ3n) is 4.12. The Balaban J connectivity index is 1.67. The number of aryl methyl sites for hydroxylation is 3. The maximum absolute atomic E-state index is 4.57. The summed E-state index contributed by atoms with van der Waals surface area (Å²) in [7, 11) is 1.94. The Morgan fingerprint density at radius 1 is 0.828 bits per heavy atom. The fourth-order valence-electron chi connectivity index (χ4n) is 2.75. The molecule has 0 aliphatic heterocycles. The van der Waals surface area contributed by atoms with Gasteiger partial charge in [0.05, 0.1) is 0 Å². The van der Waals surface area contributed by atoms with E-state index < -0.39 is 0 Å². The van der Waals surface area contributed by atoms with E-state index in [1.165, 1.54) is 11.8 Å². The molecule has 0 amide bonds. The molecule has 4 aromatic rings. The molecule has 0 atom stereocenters. The molecule has 0 radical (unpaired) electrons. The van der Waals surface area contributed by atoms with Crippen molar-refractivity contribution in [2.24, 2.45) is 7.05 Å². The van der Waals surface area contributed by atoms with Crippen molar-refractivity contribution in [3.8, 4) is 0 Å². The second kappa shape index (κ2) is 8.32. The molecule has 0 spiro atoms. The van der Waals surface area contributed by atoms with Crippen LogP contribution in [0, 0.1) is 13.8 Å². The number of benzene rings is 2. The number of imidazole rings is 1. The van der Waals surface area contributed by atoms with Crippen molar-refractivity contribution >= 4 is 35.0 Å². The Morgan fingerprint density at radius 2 is 1.41 bits per heavy atom. The average Bonchev–Trinajstić information content (AvgIpc) is 3.06. The van der Waals surface area contributed by atoms with E-state index in [0.29, 0.717) is 17.1 Å². The minimum Gasteiger partial charge on any atom is -0.329 e. The minimum atomic E-state index is 0.470. The number of nitrogens with one attached hydrogen (secondary N) is 2. The fraction of sp³-hybridized carbons (Fsp3) is 0.143. The molecule has 2 aromatic heterocycles. The van der Waals surface area contributed by atoms with Crippen LogP contribution in [0.2, 0.25) is 0 Å². The Hall–Kier alpha value is -3.39. The SMILES string of the molecule is Cc1cccc(Nc2nc(Nc3cccc(C)c3)nc(Sc3nccn3C)n2)c1. The lowest BCUT2D eigenvalue weighted by Gasteiger charge is -2.11. The molecule has 0 fully saturated rings. The van der Waals surface area contributed by atoms with Crippen LogP contribution in [0.4, 0.5) is 23.3 Å². The van der Waals surface area contributed by atoms with Gasteiger partial charge in [-0.2, -0.15) is 15.0 Å². The Bertz CT molecular complexity index is 1070. The highest BCUT2D eigenvalue weighted by Gasteiger charge is 2.11. The molecule has 7 nitrogen and oxygen atoms in total. The normalized spacial score (nSPS) is 10.7. The molecule has 4 rings (SSSR count). The first kappa shape index (κ1) is 18.9. The quantitative estimate of drug-likeness (QED) is 0.476. The minimum absolute atomic E-state index is 0.470. The Morgan fingerprint density at radius 3 is 1.90 bits per heavy atom. The molecule has 8 heteroatoms. The van der Waals surface area contributed by atoms with Crippen molar-refractivity contribution in [3.05, 3.63) is 72.1 Å². The summed E-state index contributed by atoms with van der Waals surface area (Å²) in [6.45, 7) is 4.09. The molecule has 146 valence electrons. The van der Waals surface area contributed by atoms with Gasteiger partial charge < -0.3 is 15.2 Å². The van der Waals surface area contributed by atoms with Gasteiger partial charge in [-0.1, -0.05) is 24.3 Å². The molecule has 2 aromatic carbocycles. The third kappa shape index (κ3) is 4.91. The van der Waals surface area contributed by atoms with Crippen molar-refractivity contribution < 1.29 is 0 Å². The van der Waals surface area contributed by atoms with E-state index >= 15 is 0 Å². The van der Waals surface area contributed by atoms with Gasteiger partial charge in [-0.3, -0.25) is 0 Å². The lowest BCUT2D eigenvalue weighted by atomic mass is 10.2.